The highest BCUT2D eigenvalue weighted by atomic mass is 32.2. The van der Waals surface area contributed by atoms with Gasteiger partial charge in [-0.15, -0.1) is 10.2 Å². The number of hydrogen-bond donors (Lipinski definition) is 0. The summed E-state index contributed by atoms with van der Waals surface area (Å²) in [7, 11) is 0. The van der Waals surface area contributed by atoms with Crippen molar-refractivity contribution in [2.45, 2.75) is 19.6 Å². The van der Waals surface area contributed by atoms with Gasteiger partial charge >= 0.3 is 0 Å². The first-order valence-corrected chi connectivity index (χ1v) is 19.9. The molecule has 9 aromatic rings. The van der Waals surface area contributed by atoms with Gasteiger partial charge in [-0.25, -0.2) is 9.36 Å². The van der Waals surface area contributed by atoms with Crippen molar-refractivity contribution in [3.63, 3.8) is 0 Å². The number of fused-ring (bicyclic) bond motifs is 4. The molecule has 0 amide bonds. The van der Waals surface area contributed by atoms with Gasteiger partial charge in [0, 0.05) is 42.1 Å². The second kappa shape index (κ2) is 13.5. The fourth-order valence-electron chi connectivity index (χ4n) is 7.40. The Morgan fingerprint density at radius 1 is 0.339 bits per heavy atom. The van der Waals surface area contributed by atoms with Crippen LogP contribution in [-0.2, 0) is 0 Å². The molecule has 266 valence electrons. The molecule has 8 nitrogen and oxygen atoms in total. The number of nitrogens with zero attached hydrogens (tertiary/aromatic N) is 8. The summed E-state index contributed by atoms with van der Waals surface area (Å²) in [5.41, 5.74) is 12.0. The maximum atomic E-state index is 4.60. The van der Waals surface area contributed by atoms with Crippen LogP contribution in [0.5, 0.6) is 0 Å². The van der Waals surface area contributed by atoms with Gasteiger partial charge in [0.2, 0.25) is 0 Å². The molecular weight excluding hydrogens is 729 g/mol. The first kappa shape index (κ1) is 32.5. The van der Waals surface area contributed by atoms with E-state index in [2.05, 4.69) is 182 Å². The summed E-state index contributed by atoms with van der Waals surface area (Å²) in [5, 5.41) is 18.3. The van der Waals surface area contributed by atoms with Gasteiger partial charge in [-0.2, -0.15) is 0 Å². The molecular formula is C46H30N8S2. The van der Waals surface area contributed by atoms with E-state index < -0.39 is 0 Å². The Morgan fingerprint density at radius 2 is 0.696 bits per heavy atom. The van der Waals surface area contributed by atoms with Gasteiger partial charge in [-0.1, -0.05) is 113 Å². The molecule has 4 heterocycles. The highest BCUT2D eigenvalue weighted by Crippen LogP contribution is 2.52. The lowest BCUT2D eigenvalue weighted by molar-refractivity contribution is 0.803. The number of para-hydroxylation sites is 4. The predicted molar refractivity (Wildman–Crippen MR) is 225 cm³/mol. The number of hydrogen-bond acceptors (Lipinski definition) is 8. The maximum absolute atomic E-state index is 4.60. The van der Waals surface area contributed by atoms with Crippen molar-refractivity contribution in [3.05, 3.63) is 182 Å². The zero-order valence-electron chi connectivity index (χ0n) is 29.7. The number of aromatic nitrogens is 6. The van der Waals surface area contributed by atoms with Crippen molar-refractivity contribution >= 4 is 57.6 Å². The predicted octanol–water partition coefficient (Wildman–Crippen LogP) is 12.1. The van der Waals surface area contributed by atoms with Crippen LogP contribution in [0.3, 0.4) is 0 Å². The lowest BCUT2D eigenvalue weighted by Gasteiger charge is -2.33. The second-order valence-electron chi connectivity index (χ2n) is 13.5. The fraction of sp³-hybridized carbons (Fsp3) is 0. The standard InChI is InChI=1S/C46H30N8S2/c1-5-22-43-39(18-1)53(40-19-2-6-23-44(40)55-43)35-16-10-14-33(27-35)51-29-37(47-49-51)31-12-9-13-32(26-31)38-30-52(50-48-38)34-15-11-17-36(28-34)54-41-20-3-7-24-45(41)56-46-25-8-4-21-42(46)54/h1-30H. The summed E-state index contributed by atoms with van der Waals surface area (Å²) in [6.07, 6.45) is 3.95. The topological polar surface area (TPSA) is 67.9 Å². The molecule has 0 saturated heterocycles. The molecule has 56 heavy (non-hydrogen) atoms. The summed E-state index contributed by atoms with van der Waals surface area (Å²) < 4.78 is 3.67. The van der Waals surface area contributed by atoms with Crippen molar-refractivity contribution in [2.75, 3.05) is 9.80 Å². The molecule has 2 aliphatic heterocycles. The number of anilines is 6. The van der Waals surface area contributed by atoms with Crippen molar-refractivity contribution in [3.8, 4) is 33.9 Å². The minimum atomic E-state index is 0.766. The van der Waals surface area contributed by atoms with Crippen molar-refractivity contribution in [1.82, 2.24) is 30.0 Å². The van der Waals surface area contributed by atoms with Crippen LogP contribution < -0.4 is 9.80 Å². The smallest absolute Gasteiger partial charge is 0.113 e. The largest absolute Gasteiger partial charge is 0.308 e. The Balaban J connectivity index is 0.878. The van der Waals surface area contributed by atoms with Crippen molar-refractivity contribution in [1.29, 1.82) is 0 Å². The average Bonchev–Trinajstić information content (AvgIpc) is 3.97. The van der Waals surface area contributed by atoms with E-state index in [1.807, 2.05) is 40.0 Å². The Morgan fingerprint density at radius 3 is 1.11 bits per heavy atom. The van der Waals surface area contributed by atoms with Crippen molar-refractivity contribution in [2.24, 2.45) is 0 Å². The van der Waals surface area contributed by atoms with Crippen LogP contribution in [0.1, 0.15) is 0 Å². The van der Waals surface area contributed by atoms with Crippen LogP contribution >= 0.6 is 23.5 Å². The van der Waals surface area contributed by atoms with Gasteiger partial charge in [-0.3, -0.25) is 0 Å². The van der Waals surface area contributed by atoms with E-state index in [0.29, 0.717) is 0 Å². The van der Waals surface area contributed by atoms with E-state index in [-0.39, 0.29) is 0 Å². The highest BCUT2D eigenvalue weighted by molar-refractivity contribution is 8.00. The van der Waals surface area contributed by atoms with Gasteiger partial charge in [0.05, 0.1) is 46.5 Å². The molecule has 0 bridgehead atoms. The van der Waals surface area contributed by atoms with Gasteiger partial charge in [-0.05, 0) is 91.0 Å². The third-order valence-electron chi connectivity index (χ3n) is 10.0. The van der Waals surface area contributed by atoms with Gasteiger partial charge in [0.15, 0.2) is 0 Å². The molecule has 10 heteroatoms. The molecule has 2 aliphatic rings. The zero-order chi connectivity index (χ0) is 37.0. The molecule has 7 aromatic carbocycles. The Kier molecular flexibility index (Phi) is 7.82. The summed E-state index contributed by atoms with van der Waals surface area (Å²) >= 11 is 3.61. The Bertz CT molecular complexity index is 2650. The summed E-state index contributed by atoms with van der Waals surface area (Å²) in [6.45, 7) is 0. The SMILES string of the molecule is c1cc(-c2cn(-c3cccc(N4c5ccccc5Sc5ccccc54)c3)nn2)cc(-c2cn(-c3cccc(N4c5ccccc5Sc5ccccc54)c3)nn2)c1. The van der Waals surface area contributed by atoms with Crippen LogP contribution in [0.4, 0.5) is 34.1 Å². The summed E-state index contributed by atoms with van der Waals surface area (Å²) in [5.74, 6) is 0. The second-order valence-corrected chi connectivity index (χ2v) is 15.6. The van der Waals surface area contributed by atoms with E-state index in [1.165, 1.54) is 19.6 Å². The monoisotopic (exact) mass is 758 g/mol. The lowest BCUT2D eigenvalue weighted by atomic mass is 10.1. The van der Waals surface area contributed by atoms with Crippen LogP contribution in [0.25, 0.3) is 33.9 Å². The van der Waals surface area contributed by atoms with E-state index in [1.54, 1.807) is 23.5 Å². The lowest BCUT2D eigenvalue weighted by Crippen LogP contribution is -2.15. The van der Waals surface area contributed by atoms with Crippen LogP contribution in [0, 0.1) is 0 Å². The normalized spacial score (nSPS) is 12.8. The quantitative estimate of drug-likeness (QED) is 0.166. The van der Waals surface area contributed by atoms with Crippen molar-refractivity contribution < 1.29 is 0 Å². The van der Waals surface area contributed by atoms with E-state index in [4.69, 9.17) is 0 Å². The van der Waals surface area contributed by atoms with Gasteiger partial charge in [0.1, 0.15) is 11.4 Å². The van der Waals surface area contributed by atoms with Gasteiger partial charge in [0.25, 0.3) is 0 Å². The zero-order valence-corrected chi connectivity index (χ0v) is 31.3. The Labute approximate surface area is 331 Å². The van der Waals surface area contributed by atoms with Crippen LogP contribution in [-0.4, -0.2) is 30.0 Å². The molecule has 0 spiro atoms. The average molecular weight is 759 g/mol. The molecule has 2 aromatic heterocycles. The van der Waals surface area contributed by atoms with E-state index in [0.717, 1.165) is 68.0 Å². The molecule has 0 fully saturated rings. The molecule has 0 atom stereocenters. The minimum Gasteiger partial charge on any atom is -0.308 e. The van der Waals surface area contributed by atoms with Crippen LogP contribution in [0.2, 0.25) is 0 Å². The minimum absolute atomic E-state index is 0.766. The van der Waals surface area contributed by atoms with E-state index in [9.17, 15) is 0 Å². The molecule has 0 saturated carbocycles. The third-order valence-corrected chi connectivity index (χ3v) is 12.3. The number of rotatable bonds is 6. The fourth-order valence-corrected chi connectivity index (χ4v) is 9.51. The van der Waals surface area contributed by atoms with Crippen LogP contribution in [0.15, 0.2) is 202 Å². The molecule has 0 N–H and O–H groups in total. The van der Waals surface area contributed by atoms with Gasteiger partial charge < -0.3 is 9.80 Å². The first-order chi connectivity index (χ1) is 27.7. The molecule has 11 rings (SSSR count). The molecule has 0 aliphatic carbocycles. The molecule has 0 radical (unpaired) electrons. The Hall–Kier alpha value is -6.88. The summed E-state index contributed by atoms with van der Waals surface area (Å²) in [4.78, 5) is 9.54. The first-order valence-electron chi connectivity index (χ1n) is 18.2. The van der Waals surface area contributed by atoms with E-state index >= 15 is 0 Å². The highest BCUT2D eigenvalue weighted by Gasteiger charge is 2.26. The number of benzene rings is 7. The third kappa shape index (κ3) is 5.66. The summed E-state index contributed by atoms with van der Waals surface area (Å²) in [6, 6.07) is 59.2. The molecule has 0 unspecified atom stereocenters. The maximum Gasteiger partial charge on any atom is 0.113 e.